The predicted molar refractivity (Wildman–Crippen MR) is 91.1 cm³/mol. The standard InChI is InChI=1S/C17H20ClN3O4/c18-13-2-3-14-12(7-13)9-21(16(23)10-25-14)6-5-19-17(24)11-1-4-15(22)20-8-11/h2-3,7,11H,1,4-6,8-10H2,(H,19,24)(H,20,22)/t11-/m0/s1. The second kappa shape index (κ2) is 7.74. The van der Waals surface area contributed by atoms with Crippen LogP contribution in [0.4, 0.5) is 0 Å². The molecule has 8 heteroatoms. The van der Waals surface area contributed by atoms with Crippen molar-refractivity contribution in [3.8, 4) is 5.75 Å². The van der Waals surface area contributed by atoms with Crippen LogP contribution in [-0.4, -0.2) is 48.9 Å². The summed E-state index contributed by atoms with van der Waals surface area (Å²) >= 11 is 6.01. The zero-order valence-corrected chi connectivity index (χ0v) is 14.5. The van der Waals surface area contributed by atoms with Gasteiger partial charge >= 0.3 is 0 Å². The second-order valence-electron chi connectivity index (χ2n) is 6.19. The van der Waals surface area contributed by atoms with E-state index in [-0.39, 0.29) is 30.2 Å². The molecule has 2 aliphatic rings. The van der Waals surface area contributed by atoms with Crippen molar-refractivity contribution in [2.24, 2.45) is 5.92 Å². The molecule has 0 aliphatic carbocycles. The summed E-state index contributed by atoms with van der Waals surface area (Å²) < 4.78 is 5.50. The van der Waals surface area contributed by atoms with Gasteiger partial charge in [-0.3, -0.25) is 14.4 Å². The van der Waals surface area contributed by atoms with Gasteiger partial charge in [-0.1, -0.05) is 11.6 Å². The van der Waals surface area contributed by atoms with Gasteiger partial charge in [-0.25, -0.2) is 0 Å². The molecule has 134 valence electrons. The summed E-state index contributed by atoms with van der Waals surface area (Å²) in [6, 6.07) is 5.27. The molecule has 0 aromatic heterocycles. The molecule has 25 heavy (non-hydrogen) atoms. The normalized spacial score (nSPS) is 20.2. The second-order valence-corrected chi connectivity index (χ2v) is 6.62. The first-order chi connectivity index (χ1) is 12.0. The number of amides is 3. The van der Waals surface area contributed by atoms with Gasteiger partial charge in [-0.05, 0) is 24.6 Å². The first-order valence-electron chi connectivity index (χ1n) is 8.26. The number of carbonyl (C=O) groups is 3. The molecule has 0 bridgehead atoms. The number of hydrogen-bond acceptors (Lipinski definition) is 4. The number of nitrogens with one attached hydrogen (secondary N) is 2. The summed E-state index contributed by atoms with van der Waals surface area (Å²) in [5, 5.41) is 6.12. The van der Waals surface area contributed by atoms with Crippen molar-refractivity contribution in [2.45, 2.75) is 19.4 Å². The van der Waals surface area contributed by atoms with Gasteiger partial charge in [0.25, 0.3) is 5.91 Å². The van der Waals surface area contributed by atoms with E-state index < -0.39 is 0 Å². The van der Waals surface area contributed by atoms with Crippen molar-refractivity contribution in [2.75, 3.05) is 26.2 Å². The Bertz CT molecular complexity index is 684. The Hall–Kier alpha value is -2.28. The number of halogens is 1. The Kier molecular flexibility index (Phi) is 5.43. The fourth-order valence-electron chi connectivity index (χ4n) is 2.96. The maximum Gasteiger partial charge on any atom is 0.260 e. The van der Waals surface area contributed by atoms with Crippen molar-refractivity contribution >= 4 is 29.3 Å². The van der Waals surface area contributed by atoms with Gasteiger partial charge in [0.2, 0.25) is 11.8 Å². The molecule has 1 aromatic rings. The number of fused-ring (bicyclic) bond motifs is 1. The van der Waals surface area contributed by atoms with Crippen molar-refractivity contribution < 1.29 is 19.1 Å². The van der Waals surface area contributed by atoms with E-state index in [0.29, 0.717) is 49.8 Å². The van der Waals surface area contributed by atoms with Gasteiger partial charge in [0, 0.05) is 43.2 Å². The minimum Gasteiger partial charge on any atom is -0.483 e. The molecular weight excluding hydrogens is 346 g/mol. The lowest BCUT2D eigenvalue weighted by Crippen LogP contribution is -2.45. The Morgan fingerprint density at radius 1 is 1.40 bits per heavy atom. The third-order valence-electron chi connectivity index (χ3n) is 4.40. The van der Waals surface area contributed by atoms with Crippen LogP contribution in [0.25, 0.3) is 0 Å². The van der Waals surface area contributed by atoms with Crippen LogP contribution in [0.15, 0.2) is 18.2 Å². The average molecular weight is 366 g/mol. The summed E-state index contributed by atoms with van der Waals surface area (Å²) in [6.07, 6.45) is 0.928. The van der Waals surface area contributed by atoms with E-state index in [1.807, 2.05) is 0 Å². The van der Waals surface area contributed by atoms with Crippen LogP contribution in [-0.2, 0) is 20.9 Å². The lowest BCUT2D eigenvalue weighted by atomic mass is 9.98. The fraction of sp³-hybridized carbons (Fsp3) is 0.471. The van der Waals surface area contributed by atoms with E-state index in [1.54, 1.807) is 23.1 Å². The Balaban J connectivity index is 1.52. The third-order valence-corrected chi connectivity index (χ3v) is 4.64. The highest BCUT2D eigenvalue weighted by atomic mass is 35.5. The Morgan fingerprint density at radius 3 is 3.00 bits per heavy atom. The van der Waals surface area contributed by atoms with Crippen LogP contribution in [0, 0.1) is 5.92 Å². The van der Waals surface area contributed by atoms with Crippen LogP contribution < -0.4 is 15.4 Å². The van der Waals surface area contributed by atoms with Crippen LogP contribution in [0.5, 0.6) is 5.75 Å². The molecule has 1 aromatic carbocycles. The maximum atomic E-state index is 12.2. The molecule has 0 unspecified atom stereocenters. The number of rotatable bonds is 4. The van der Waals surface area contributed by atoms with E-state index in [4.69, 9.17) is 16.3 Å². The highest BCUT2D eigenvalue weighted by Gasteiger charge is 2.25. The molecule has 2 heterocycles. The number of piperidine rings is 1. The topological polar surface area (TPSA) is 87.7 Å². The van der Waals surface area contributed by atoms with Crippen LogP contribution in [0.1, 0.15) is 18.4 Å². The first kappa shape index (κ1) is 17.5. The summed E-state index contributed by atoms with van der Waals surface area (Å²) in [6.45, 7) is 1.47. The SMILES string of the molecule is O=C1CC[C@H](C(=O)NCCN2Cc3cc(Cl)ccc3OCC2=O)CN1. The van der Waals surface area contributed by atoms with Gasteiger partial charge in [-0.2, -0.15) is 0 Å². The largest absolute Gasteiger partial charge is 0.483 e. The molecule has 2 N–H and O–H groups in total. The van der Waals surface area contributed by atoms with Crippen molar-refractivity contribution in [1.82, 2.24) is 15.5 Å². The van der Waals surface area contributed by atoms with Crippen molar-refractivity contribution in [3.05, 3.63) is 28.8 Å². The molecule has 3 rings (SSSR count). The lowest BCUT2D eigenvalue weighted by Gasteiger charge is -2.23. The highest BCUT2D eigenvalue weighted by molar-refractivity contribution is 6.30. The van der Waals surface area contributed by atoms with Crippen LogP contribution in [0.2, 0.25) is 5.02 Å². The van der Waals surface area contributed by atoms with Crippen LogP contribution in [0.3, 0.4) is 0 Å². The zero-order valence-electron chi connectivity index (χ0n) is 13.7. The quantitative estimate of drug-likeness (QED) is 0.822. The van der Waals surface area contributed by atoms with Gasteiger partial charge in [0.1, 0.15) is 5.75 Å². The van der Waals surface area contributed by atoms with Gasteiger partial charge in [-0.15, -0.1) is 0 Å². The van der Waals surface area contributed by atoms with Crippen LogP contribution >= 0.6 is 11.6 Å². The number of carbonyl (C=O) groups excluding carboxylic acids is 3. The molecule has 1 fully saturated rings. The fourth-order valence-corrected chi connectivity index (χ4v) is 3.15. The molecule has 0 radical (unpaired) electrons. The highest BCUT2D eigenvalue weighted by Crippen LogP contribution is 2.26. The molecule has 7 nitrogen and oxygen atoms in total. The monoisotopic (exact) mass is 365 g/mol. The number of hydrogen-bond donors (Lipinski definition) is 2. The average Bonchev–Trinajstić information content (AvgIpc) is 2.74. The summed E-state index contributed by atoms with van der Waals surface area (Å²) in [5.41, 5.74) is 0.847. The van der Waals surface area contributed by atoms with Crippen molar-refractivity contribution in [1.29, 1.82) is 0 Å². The molecule has 0 saturated carbocycles. The Morgan fingerprint density at radius 2 is 2.24 bits per heavy atom. The van der Waals surface area contributed by atoms with E-state index in [0.717, 1.165) is 5.56 Å². The van der Waals surface area contributed by atoms with E-state index in [9.17, 15) is 14.4 Å². The molecular formula is C17H20ClN3O4. The maximum absolute atomic E-state index is 12.2. The molecule has 1 atom stereocenters. The molecule has 1 saturated heterocycles. The lowest BCUT2D eigenvalue weighted by molar-refractivity contribution is -0.134. The van der Waals surface area contributed by atoms with E-state index in [1.165, 1.54) is 0 Å². The van der Waals surface area contributed by atoms with E-state index in [2.05, 4.69) is 10.6 Å². The Labute approximate surface area is 150 Å². The number of ether oxygens (including phenoxy) is 1. The first-order valence-corrected chi connectivity index (χ1v) is 8.64. The summed E-state index contributed by atoms with van der Waals surface area (Å²) in [5.74, 6) is 0.202. The minimum absolute atomic E-state index is 0.0171. The zero-order chi connectivity index (χ0) is 17.8. The minimum atomic E-state index is -0.208. The summed E-state index contributed by atoms with van der Waals surface area (Å²) in [4.78, 5) is 37.1. The molecule has 2 aliphatic heterocycles. The van der Waals surface area contributed by atoms with Gasteiger partial charge in [0.05, 0.1) is 5.92 Å². The van der Waals surface area contributed by atoms with Gasteiger partial charge in [0.15, 0.2) is 6.61 Å². The van der Waals surface area contributed by atoms with Gasteiger partial charge < -0.3 is 20.3 Å². The molecule has 3 amide bonds. The predicted octanol–water partition coefficient (Wildman–Crippen LogP) is 0.703. The third kappa shape index (κ3) is 4.42. The summed E-state index contributed by atoms with van der Waals surface area (Å²) in [7, 11) is 0. The molecule has 0 spiro atoms. The number of benzene rings is 1. The smallest absolute Gasteiger partial charge is 0.260 e. The number of nitrogens with zero attached hydrogens (tertiary/aromatic N) is 1. The van der Waals surface area contributed by atoms with Crippen molar-refractivity contribution in [3.63, 3.8) is 0 Å². The van der Waals surface area contributed by atoms with E-state index >= 15 is 0 Å².